The van der Waals surface area contributed by atoms with Gasteiger partial charge in [0.1, 0.15) is 42.6 Å². The molecule has 1 aromatic rings. The van der Waals surface area contributed by atoms with Gasteiger partial charge in [-0.25, -0.2) is 4.98 Å². The molecule has 68 heavy (non-hydrogen) atoms. The molecule has 5 rings (SSSR count). The second-order valence-electron chi connectivity index (χ2n) is 18.9. The Labute approximate surface area is 402 Å². The van der Waals surface area contributed by atoms with Crippen molar-refractivity contribution >= 4 is 29.4 Å². The van der Waals surface area contributed by atoms with Crippen LogP contribution in [0.5, 0.6) is 0 Å². The molecule has 0 radical (unpaired) electrons. The number of oxime groups is 1. The van der Waals surface area contributed by atoms with E-state index in [1.165, 1.54) is 7.11 Å². The number of allylic oxidation sites excluding steroid dienone is 3. The van der Waals surface area contributed by atoms with E-state index in [2.05, 4.69) is 10.1 Å². The van der Waals surface area contributed by atoms with Gasteiger partial charge < -0.3 is 68.7 Å². The van der Waals surface area contributed by atoms with Crippen LogP contribution in [0.25, 0.3) is 6.08 Å². The number of esters is 1. The zero-order chi connectivity index (χ0) is 49.5. The molecular weight excluding hydrogens is 881 g/mol. The Morgan fingerprint density at radius 3 is 2.47 bits per heavy atom. The largest absolute Gasteiger partial charge is 0.462 e. The quantitative estimate of drug-likeness (QED) is 0.125. The number of ketones is 1. The fraction of sp³-hybridized carbons (Fsp3) is 0.720. The number of hydrogen-bond acceptors (Lipinski definition) is 18. The first-order valence-electron chi connectivity index (χ1n) is 24.1. The van der Waals surface area contributed by atoms with Crippen LogP contribution in [0.4, 0.5) is 5.82 Å². The third-order valence-electron chi connectivity index (χ3n) is 13.7. The zero-order valence-corrected chi connectivity index (χ0v) is 41.4. The van der Waals surface area contributed by atoms with E-state index in [0.717, 1.165) is 11.1 Å². The first kappa shape index (κ1) is 55.3. The maximum atomic E-state index is 14.4. The van der Waals surface area contributed by atoms with E-state index in [1.54, 1.807) is 69.6 Å². The van der Waals surface area contributed by atoms with Gasteiger partial charge in [0.2, 0.25) is 0 Å². The molecule has 1 aliphatic carbocycles. The molecule has 3 fully saturated rings. The summed E-state index contributed by atoms with van der Waals surface area (Å²) >= 11 is 0. The molecule has 0 aromatic carbocycles. The Bertz CT molecular complexity index is 1860. The number of carbonyl (C=O) groups excluding carboxylic acids is 2. The topological polar surface area (TPSA) is 232 Å². The van der Waals surface area contributed by atoms with Crippen molar-refractivity contribution in [1.82, 2.24) is 9.88 Å². The zero-order valence-electron chi connectivity index (χ0n) is 41.4. The van der Waals surface area contributed by atoms with Crippen LogP contribution < -0.4 is 5.73 Å². The number of aliphatic hydroxyl groups excluding tert-OH is 3. The van der Waals surface area contributed by atoms with E-state index >= 15 is 0 Å². The summed E-state index contributed by atoms with van der Waals surface area (Å²) in [5, 5.41) is 37.8. The molecule has 2 bridgehead atoms. The normalized spacial score (nSPS) is 38.2. The van der Waals surface area contributed by atoms with Crippen molar-refractivity contribution in [3.63, 3.8) is 0 Å². The number of pyridine rings is 1. The minimum atomic E-state index is -1.25. The van der Waals surface area contributed by atoms with Crippen molar-refractivity contribution < 1.29 is 67.6 Å². The number of rotatable bonds is 13. The number of nitrogens with two attached hydrogens (primary N) is 1. The van der Waals surface area contributed by atoms with Gasteiger partial charge in [0, 0.05) is 50.3 Å². The van der Waals surface area contributed by atoms with Crippen molar-refractivity contribution in [3.05, 3.63) is 53.8 Å². The molecule has 5 N–H and O–H groups in total. The Kier molecular flexibility index (Phi) is 22.0. The number of ether oxygens (including phenoxy) is 8. The predicted molar refractivity (Wildman–Crippen MR) is 254 cm³/mol. The Morgan fingerprint density at radius 2 is 1.76 bits per heavy atom. The Hall–Kier alpha value is -3.66. The summed E-state index contributed by atoms with van der Waals surface area (Å²) in [6.07, 6.45) is 4.01. The standard InChI is InChI=1S/C50H78N4O14/c1-10-39-35(26-63-40-18-17-38(56)47(60-8)48(40)61-9)23-29(2)15-16-37(55)30(3)24-34-19-22-62-27-36(53-65-21-12-14-33-13-11-20-52-49(33)51)28-64-41(25-42(57)67-39)31(4)46(34)68-50-45(59)43(54(6)7)44(58)32(5)66-50/h11-16,20,23,30-32,34-35,38-41,43-48,50,56,58-59H,10,17-19,21-22,24-28H2,1-9H3,(H2,51,52)/b14-12+,16-15+,29-23+,53-36+/t30-,31+,32-,34?,35-,38-,39-,40-,41-,43+,44-,45-,46-,47-,48+,50+/m1/s1. The number of aromatic nitrogens is 1. The Balaban J connectivity index is 1.49. The highest BCUT2D eigenvalue weighted by atomic mass is 16.7. The molecule has 382 valence electrons. The van der Waals surface area contributed by atoms with E-state index in [0.29, 0.717) is 43.6 Å². The number of fused-ring (bicyclic) bond motifs is 3. The average molecular weight is 959 g/mol. The predicted octanol–water partition coefficient (Wildman–Crippen LogP) is 3.90. The third-order valence-corrected chi connectivity index (χ3v) is 13.7. The van der Waals surface area contributed by atoms with E-state index in [4.69, 9.17) is 48.5 Å². The van der Waals surface area contributed by atoms with Gasteiger partial charge in [-0.3, -0.25) is 9.59 Å². The molecule has 4 aliphatic rings. The average Bonchev–Trinajstić information content (AvgIpc) is 3.33. The van der Waals surface area contributed by atoms with Crippen molar-refractivity contribution in [2.75, 3.05) is 67.1 Å². The molecule has 1 unspecified atom stereocenters. The number of aliphatic hydroxyl groups is 3. The van der Waals surface area contributed by atoms with Crippen LogP contribution in [0.3, 0.4) is 0 Å². The highest BCUT2D eigenvalue weighted by Gasteiger charge is 2.48. The lowest BCUT2D eigenvalue weighted by atomic mass is 9.79. The van der Waals surface area contributed by atoms with Crippen molar-refractivity contribution in [2.45, 2.75) is 147 Å². The van der Waals surface area contributed by atoms with E-state index in [-0.39, 0.29) is 51.2 Å². The second kappa shape index (κ2) is 27.1. The minimum Gasteiger partial charge on any atom is -0.462 e. The Morgan fingerprint density at radius 1 is 1.00 bits per heavy atom. The van der Waals surface area contributed by atoms with Crippen LogP contribution in [0, 0.1) is 23.7 Å². The molecule has 1 saturated carbocycles. The summed E-state index contributed by atoms with van der Waals surface area (Å²) in [6, 6.07) is 2.92. The first-order valence-corrected chi connectivity index (χ1v) is 24.1. The molecule has 4 heterocycles. The van der Waals surface area contributed by atoms with Crippen LogP contribution in [0.2, 0.25) is 0 Å². The first-order chi connectivity index (χ1) is 32.6. The maximum absolute atomic E-state index is 14.4. The lowest BCUT2D eigenvalue weighted by Gasteiger charge is -2.47. The molecule has 16 atom stereocenters. The highest BCUT2D eigenvalue weighted by molar-refractivity contribution is 5.91. The van der Waals surface area contributed by atoms with Crippen molar-refractivity contribution in [1.29, 1.82) is 0 Å². The maximum Gasteiger partial charge on any atom is 0.308 e. The molecule has 0 amide bonds. The monoisotopic (exact) mass is 959 g/mol. The van der Waals surface area contributed by atoms with Crippen LogP contribution >= 0.6 is 0 Å². The molecule has 18 heteroatoms. The number of likely N-dealkylation sites (N-methyl/N-ethyl adjacent to an activating group) is 1. The van der Waals surface area contributed by atoms with Gasteiger partial charge in [0.05, 0.1) is 68.9 Å². The number of hydrogen-bond donors (Lipinski definition) is 4. The van der Waals surface area contributed by atoms with Gasteiger partial charge in [-0.2, -0.15) is 0 Å². The van der Waals surface area contributed by atoms with E-state index < -0.39 is 97.1 Å². The van der Waals surface area contributed by atoms with Crippen molar-refractivity contribution in [3.8, 4) is 0 Å². The van der Waals surface area contributed by atoms with Crippen LogP contribution in [-0.2, 0) is 52.3 Å². The van der Waals surface area contributed by atoms with Crippen molar-refractivity contribution in [2.24, 2.45) is 28.8 Å². The molecular formula is C50H78N4O14. The molecule has 2 saturated heterocycles. The van der Waals surface area contributed by atoms with Gasteiger partial charge in [-0.1, -0.05) is 49.7 Å². The van der Waals surface area contributed by atoms with Crippen LogP contribution in [-0.4, -0.2) is 177 Å². The fourth-order valence-electron chi connectivity index (χ4n) is 9.76. The van der Waals surface area contributed by atoms with Gasteiger partial charge in [-0.05, 0) is 90.2 Å². The number of nitrogen functional groups attached to an aromatic ring is 1. The SMILES string of the molecule is CC[C@H]1OC(=O)C[C@H]2OC/C(=N/OC/C=C/c3cccnc3N)COCCC(C[C@@H](C)C(=O)/C=C/C(C)=C/[C@@H]1CO[C@@H]1CC[C@@H](O)[C@@H](OC)[C@H]1OC)[C@H](O[C@@H]1O[C@H](C)[C@@H](O)[C@H](N(C)C)[C@H]1O)[C@H]2C. The lowest BCUT2D eigenvalue weighted by molar-refractivity contribution is -0.305. The minimum absolute atomic E-state index is 0.0597. The van der Waals surface area contributed by atoms with Gasteiger partial charge in [0.25, 0.3) is 0 Å². The summed E-state index contributed by atoms with van der Waals surface area (Å²) in [7, 11) is 6.64. The second-order valence-corrected chi connectivity index (χ2v) is 18.9. The van der Waals surface area contributed by atoms with Gasteiger partial charge in [0.15, 0.2) is 12.1 Å². The summed E-state index contributed by atoms with van der Waals surface area (Å²) < 4.78 is 50.2. The number of anilines is 1. The summed E-state index contributed by atoms with van der Waals surface area (Å²) in [5.41, 5.74) is 7.95. The molecule has 3 aliphatic heterocycles. The number of nitrogens with zero attached hydrogens (tertiary/aromatic N) is 3. The van der Waals surface area contributed by atoms with Crippen LogP contribution in [0.1, 0.15) is 78.7 Å². The third kappa shape index (κ3) is 15.2. The van der Waals surface area contributed by atoms with Gasteiger partial charge in [-0.15, -0.1) is 0 Å². The van der Waals surface area contributed by atoms with E-state index in [9.17, 15) is 24.9 Å². The van der Waals surface area contributed by atoms with Crippen LogP contribution in [0.15, 0.2) is 53.4 Å². The summed E-state index contributed by atoms with van der Waals surface area (Å²) in [4.78, 5) is 40.0. The lowest BCUT2D eigenvalue weighted by Crippen LogP contribution is -2.63. The smallest absolute Gasteiger partial charge is 0.308 e. The van der Waals surface area contributed by atoms with Gasteiger partial charge >= 0.3 is 5.97 Å². The summed E-state index contributed by atoms with van der Waals surface area (Å²) in [5.74, 6) is -2.05. The summed E-state index contributed by atoms with van der Waals surface area (Å²) in [6.45, 7) is 9.87. The number of cyclic esters (lactones) is 1. The fourth-order valence-corrected chi connectivity index (χ4v) is 9.76. The highest BCUT2D eigenvalue weighted by Crippen LogP contribution is 2.36. The van der Waals surface area contributed by atoms with E-state index in [1.807, 2.05) is 39.8 Å². The molecule has 0 spiro atoms. The molecule has 1 aromatic heterocycles. The number of methoxy groups -OCH3 is 2. The number of carbonyl (C=O) groups is 2. The molecule has 18 nitrogen and oxygen atoms in total.